The van der Waals surface area contributed by atoms with Crippen molar-refractivity contribution in [2.24, 2.45) is 56.7 Å². The molecule has 85 heavy (non-hydrogen) atoms. The Morgan fingerprint density at radius 1 is 0.718 bits per heavy atom. The highest BCUT2D eigenvalue weighted by atomic mass is 16.8. The number of esters is 3. The lowest BCUT2D eigenvalue weighted by Crippen LogP contribution is -2.71. The molecule has 0 amide bonds. The molecule has 22 heteroatoms. The van der Waals surface area contributed by atoms with Crippen LogP contribution in [0, 0.1) is 56.7 Å². The number of hydrogen-bond donors (Lipinski definition) is 6. The van der Waals surface area contributed by atoms with Crippen LogP contribution in [-0.2, 0) is 76.1 Å². The van der Waals surface area contributed by atoms with Gasteiger partial charge in [-0.1, -0.05) is 81.2 Å². The van der Waals surface area contributed by atoms with Gasteiger partial charge in [0.05, 0.1) is 60.5 Å². The molecule has 0 aromatic carbocycles. The third kappa shape index (κ3) is 13.1. The van der Waals surface area contributed by atoms with Gasteiger partial charge in [-0.05, 0) is 98.4 Å². The Morgan fingerprint density at radius 3 is 1.93 bits per heavy atom. The van der Waals surface area contributed by atoms with Gasteiger partial charge in [-0.2, -0.15) is 0 Å². The second-order valence-corrected chi connectivity index (χ2v) is 27.7. The van der Waals surface area contributed by atoms with E-state index in [0.717, 1.165) is 12.7 Å². The maximum atomic E-state index is 15.4. The molecule has 7 unspecified atom stereocenters. The van der Waals surface area contributed by atoms with E-state index in [-0.39, 0.29) is 73.8 Å². The highest BCUT2D eigenvalue weighted by Gasteiger charge is 2.74. The van der Waals surface area contributed by atoms with Crippen LogP contribution >= 0.6 is 0 Å². The number of methoxy groups -OCH3 is 4. The molecular weight excluding hydrogens is 1110 g/mol. The number of carbonyl (C=O) groups excluding carboxylic acids is 5. The first-order chi connectivity index (χ1) is 40.0. The number of carbonyl (C=O) groups is 5. The van der Waals surface area contributed by atoms with E-state index in [9.17, 15) is 49.8 Å². The number of hydrogen-bond acceptors (Lipinski definition) is 22. The van der Waals surface area contributed by atoms with Crippen LogP contribution in [0.4, 0.5) is 0 Å². The summed E-state index contributed by atoms with van der Waals surface area (Å²) in [6.45, 7) is 19.8. The summed E-state index contributed by atoms with van der Waals surface area (Å²) in [5.41, 5.74) is -5.30. The number of aliphatic hydroxyl groups is 6. The maximum Gasteiger partial charge on any atom is 0.317 e. The number of allylic oxidation sites excluding steroid dienone is 1. The van der Waals surface area contributed by atoms with Crippen LogP contribution in [0.25, 0.3) is 0 Å². The van der Waals surface area contributed by atoms with Crippen molar-refractivity contribution in [3.8, 4) is 0 Å². The average molecular weight is 1210 g/mol. The summed E-state index contributed by atoms with van der Waals surface area (Å²) in [7, 11) is 5.66. The van der Waals surface area contributed by atoms with Crippen LogP contribution in [0.5, 0.6) is 0 Å². The van der Waals surface area contributed by atoms with E-state index < -0.39 is 150 Å². The molecule has 5 aliphatic carbocycles. The summed E-state index contributed by atoms with van der Waals surface area (Å²) in [5, 5.41) is 71.0. The van der Waals surface area contributed by atoms with E-state index in [1.54, 1.807) is 7.11 Å². The van der Waals surface area contributed by atoms with E-state index in [1.807, 2.05) is 34.6 Å². The van der Waals surface area contributed by atoms with Crippen LogP contribution in [0.1, 0.15) is 166 Å². The van der Waals surface area contributed by atoms with E-state index in [0.29, 0.717) is 56.9 Å². The van der Waals surface area contributed by atoms with Crippen LogP contribution in [-0.4, -0.2) is 194 Å². The number of rotatable bonds is 25. The summed E-state index contributed by atoms with van der Waals surface area (Å²) in [4.78, 5) is 67.3. The van der Waals surface area contributed by atoms with Crippen LogP contribution < -0.4 is 0 Å². The number of fused-ring (bicyclic) bond motifs is 7. The minimum atomic E-state index is -1.60. The van der Waals surface area contributed by atoms with Gasteiger partial charge in [0.2, 0.25) is 12.6 Å². The first kappa shape index (κ1) is 69.2. The average Bonchev–Trinajstić information content (AvgIpc) is 0.750. The molecular formula is C63H102O22. The smallest absolute Gasteiger partial charge is 0.317 e. The van der Waals surface area contributed by atoms with Crippen molar-refractivity contribution >= 4 is 30.7 Å². The summed E-state index contributed by atoms with van der Waals surface area (Å²) in [5.74, 6) is -3.56. The summed E-state index contributed by atoms with van der Waals surface area (Å²) >= 11 is 0. The fraction of sp³-hybridized carbons (Fsp3) is 0.889. The minimum Gasteiger partial charge on any atom is -0.462 e. The van der Waals surface area contributed by atoms with E-state index >= 15 is 4.79 Å². The third-order valence-electron chi connectivity index (χ3n) is 22.4. The van der Waals surface area contributed by atoms with Gasteiger partial charge in [-0.25, -0.2) is 0 Å². The van der Waals surface area contributed by atoms with Gasteiger partial charge in [0.25, 0.3) is 6.47 Å². The molecule has 0 aromatic heterocycles. The molecule has 6 fully saturated rings. The largest absolute Gasteiger partial charge is 0.462 e. The third-order valence-corrected chi connectivity index (χ3v) is 22.4. The van der Waals surface area contributed by atoms with E-state index in [2.05, 4.69) is 33.8 Å². The Bertz CT molecular complexity index is 2330. The van der Waals surface area contributed by atoms with E-state index in [1.165, 1.54) is 28.3 Å². The van der Waals surface area contributed by atoms with Gasteiger partial charge in [-0.3, -0.25) is 19.2 Å². The Labute approximate surface area is 501 Å². The van der Waals surface area contributed by atoms with Crippen molar-refractivity contribution < 1.29 is 107 Å². The van der Waals surface area contributed by atoms with Crippen molar-refractivity contribution in [3.05, 3.63) is 11.6 Å². The lowest BCUT2D eigenvalue weighted by molar-refractivity contribution is -0.362. The first-order valence-corrected chi connectivity index (χ1v) is 31.0. The van der Waals surface area contributed by atoms with Crippen LogP contribution in [0.15, 0.2) is 11.6 Å². The highest BCUT2D eigenvalue weighted by Crippen LogP contribution is 2.73. The van der Waals surface area contributed by atoms with Gasteiger partial charge in [-0.15, -0.1) is 0 Å². The quantitative estimate of drug-likeness (QED) is 0.0226. The molecule has 7 aliphatic rings. The number of ether oxygens (including phenoxy) is 11. The van der Waals surface area contributed by atoms with Gasteiger partial charge in [0.1, 0.15) is 42.2 Å². The van der Waals surface area contributed by atoms with Crippen LogP contribution in [0.2, 0.25) is 0 Å². The standard InChI is InChI=1S/C63H102O22/c1-15-33(3)40(75-11)25-36(66)27-46(69)81-41(34(4)16-2)26-37(67)28-47(70)83-51-48(71)35(5)80-55(53(51)78-14)85-57(73)62-24-23-58(6,7)29-39(62)38-17-18-43-59(8)21-20-45(82-56-52(77-13)50(76-12)49(72)54(84-56)79-32-65)60(9,31-64)42(59)19-22-61(43,10)63(38,74)30-44(62)68/h17,31-37,39-45,48-56,66-68,71-72,74H,15-16,18-30H2,1-14H3/t33?,34-,35?,36?,37+,39+,40?,41-,42+,43+,44?,45-,48?,49+,50-,51-,52-,53-,54-,55?,56+,59+,60-,61-,62+,63-/m0/s1. The van der Waals surface area contributed by atoms with Gasteiger partial charge in [0, 0.05) is 59.0 Å². The molecule has 4 saturated carbocycles. The second-order valence-electron chi connectivity index (χ2n) is 27.7. The Kier molecular flexibility index (Phi) is 22.4. The molecule has 0 bridgehead atoms. The van der Waals surface area contributed by atoms with Crippen molar-refractivity contribution in [2.45, 2.75) is 269 Å². The van der Waals surface area contributed by atoms with Crippen molar-refractivity contribution in [1.29, 1.82) is 0 Å². The van der Waals surface area contributed by atoms with E-state index in [4.69, 9.17) is 52.1 Å². The summed E-state index contributed by atoms with van der Waals surface area (Å²) in [6.07, 6.45) is -11.2. The number of aliphatic hydroxyl groups excluding tert-OH is 5. The molecule has 0 radical (unpaired) electrons. The fourth-order valence-electron chi connectivity index (χ4n) is 16.8. The SMILES string of the molecule is CCC(C)C(CC(O)CC(=O)O[C@@H](C[C@@H](O)CC(=O)O[C@H]1C(O)C(C)OC(OC(=O)[C@]23CCC(C)(C)C[C@@H]2C2=CC[C@@H]4[C@]5(C)CC[C@H](O[C@@H]6O[C@H](OC=O)[C@H](O)[C@H](OC)[C@@H]6OC)[C@@](C)(C=O)[C@@H]5CC[C@]4(C)[C@]2(O)CC3O)[C@H]1OC)[C@@H](C)CC)OC. The molecule has 22 nitrogen and oxygen atoms in total. The zero-order valence-electron chi connectivity index (χ0n) is 52.7. The predicted octanol–water partition coefficient (Wildman–Crippen LogP) is 5.17. The summed E-state index contributed by atoms with van der Waals surface area (Å²) in [6, 6.07) is 0. The normalized spacial score (nSPS) is 42.6. The van der Waals surface area contributed by atoms with Gasteiger partial charge < -0.3 is 87.5 Å². The molecule has 2 aliphatic heterocycles. The second kappa shape index (κ2) is 27.5. The zero-order chi connectivity index (χ0) is 62.9. The molecule has 7 rings (SSSR count). The Hall–Kier alpha value is -3.23. The minimum absolute atomic E-state index is 0.123. The first-order valence-electron chi connectivity index (χ1n) is 31.0. The zero-order valence-corrected chi connectivity index (χ0v) is 52.7. The van der Waals surface area contributed by atoms with Gasteiger partial charge >= 0.3 is 17.9 Å². The molecule has 0 aromatic rings. The molecule has 2 saturated heterocycles. The Balaban J connectivity index is 1.07. The Morgan fingerprint density at radius 2 is 1.33 bits per heavy atom. The molecule has 0 spiro atoms. The maximum absolute atomic E-state index is 15.4. The van der Waals surface area contributed by atoms with Crippen molar-refractivity contribution in [3.63, 3.8) is 0 Å². The predicted molar refractivity (Wildman–Crippen MR) is 303 cm³/mol. The summed E-state index contributed by atoms with van der Waals surface area (Å²) < 4.78 is 64.5. The van der Waals surface area contributed by atoms with Crippen LogP contribution in [0.3, 0.4) is 0 Å². The molecule has 6 N–H and O–H groups in total. The monoisotopic (exact) mass is 1210 g/mol. The van der Waals surface area contributed by atoms with Crippen molar-refractivity contribution in [1.82, 2.24) is 0 Å². The number of aldehydes is 1. The van der Waals surface area contributed by atoms with Crippen molar-refractivity contribution in [2.75, 3.05) is 28.4 Å². The lowest BCUT2D eigenvalue weighted by atomic mass is 9.35. The van der Waals surface area contributed by atoms with Gasteiger partial charge in [0.15, 0.2) is 18.5 Å². The molecule has 26 atom stereocenters. The molecule has 486 valence electrons. The fourth-order valence-corrected chi connectivity index (χ4v) is 16.8. The molecule has 2 heterocycles. The topological polar surface area (TPSA) is 308 Å². The highest BCUT2D eigenvalue weighted by molar-refractivity contribution is 5.80. The lowest BCUT2D eigenvalue weighted by Gasteiger charge is -2.70.